The second-order valence-corrected chi connectivity index (χ2v) is 7.00. The van der Waals surface area contributed by atoms with E-state index in [4.69, 9.17) is 0 Å². The second kappa shape index (κ2) is 5.13. The highest BCUT2D eigenvalue weighted by Crippen LogP contribution is 2.44. The summed E-state index contributed by atoms with van der Waals surface area (Å²) in [5.41, 5.74) is -1.07. The van der Waals surface area contributed by atoms with E-state index in [0.29, 0.717) is 19.3 Å². The summed E-state index contributed by atoms with van der Waals surface area (Å²) < 4.78 is 24.1. The third kappa shape index (κ3) is 2.68. The van der Waals surface area contributed by atoms with Gasteiger partial charge >= 0.3 is 6.03 Å². The highest BCUT2D eigenvalue weighted by molar-refractivity contribution is 7.88. The number of imide groups is 2. The molecule has 9 heteroatoms. The molecule has 2 fully saturated rings. The summed E-state index contributed by atoms with van der Waals surface area (Å²) in [6.07, 6.45) is 3.05. The van der Waals surface area contributed by atoms with E-state index in [2.05, 4.69) is 10.0 Å². The fourth-order valence-corrected chi connectivity index (χ4v) is 2.92. The molecule has 2 N–H and O–H groups in total. The van der Waals surface area contributed by atoms with Crippen LogP contribution in [0.4, 0.5) is 4.79 Å². The molecule has 1 saturated carbocycles. The zero-order valence-electron chi connectivity index (χ0n) is 11.1. The van der Waals surface area contributed by atoms with E-state index >= 15 is 0 Å². The smallest absolute Gasteiger partial charge is 0.277 e. The molecule has 0 radical (unpaired) electrons. The molecule has 1 heterocycles. The molecule has 1 aliphatic heterocycles. The molecule has 0 atom stereocenters. The average Bonchev–Trinajstić information content (AvgIpc) is 2.23. The lowest BCUT2D eigenvalue weighted by Gasteiger charge is -2.44. The minimum absolute atomic E-state index is 0.0855. The zero-order chi connectivity index (χ0) is 15.0. The van der Waals surface area contributed by atoms with Crippen molar-refractivity contribution in [1.29, 1.82) is 0 Å². The van der Waals surface area contributed by atoms with Crippen LogP contribution in [0.1, 0.15) is 25.7 Å². The van der Waals surface area contributed by atoms with Gasteiger partial charge in [-0.25, -0.2) is 17.9 Å². The summed E-state index contributed by atoms with van der Waals surface area (Å²) in [6.45, 7) is 0.221. The number of hydrogen-bond donors (Lipinski definition) is 2. The Kier molecular flexibility index (Phi) is 3.83. The van der Waals surface area contributed by atoms with Crippen LogP contribution in [0.25, 0.3) is 0 Å². The van der Waals surface area contributed by atoms with Crippen LogP contribution in [0.2, 0.25) is 0 Å². The van der Waals surface area contributed by atoms with Crippen molar-refractivity contribution in [2.24, 2.45) is 5.41 Å². The van der Waals surface area contributed by atoms with Crippen molar-refractivity contribution in [1.82, 2.24) is 14.9 Å². The predicted molar refractivity (Wildman–Crippen MR) is 69.0 cm³/mol. The van der Waals surface area contributed by atoms with Gasteiger partial charge in [0.15, 0.2) is 0 Å². The molecule has 0 bridgehead atoms. The van der Waals surface area contributed by atoms with Crippen LogP contribution < -0.4 is 10.0 Å². The van der Waals surface area contributed by atoms with E-state index in [0.717, 1.165) is 17.6 Å². The number of sulfonamides is 1. The minimum atomic E-state index is -3.29. The summed E-state index contributed by atoms with van der Waals surface area (Å²) in [5.74, 6) is -0.971. The van der Waals surface area contributed by atoms with Crippen LogP contribution in [0.3, 0.4) is 0 Å². The topological polar surface area (TPSA) is 113 Å². The normalized spacial score (nSPS) is 21.9. The van der Waals surface area contributed by atoms with Crippen LogP contribution in [-0.2, 0) is 19.6 Å². The van der Waals surface area contributed by atoms with Crippen molar-refractivity contribution in [2.45, 2.75) is 25.7 Å². The Hall–Kier alpha value is -1.48. The number of amides is 4. The number of hydrogen-bond acceptors (Lipinski definition) is 5. The first-order valence-corrected chi connectivity index (χ1v) is 8.27. The van der Waals surface area contributed by atoms with Gasteiger partial charge in [-0.15, -0.1) is 0 Å². The lowest BCUT2D eigenvalue weighted by molar-refractivity contribution is -0.157. The SMILES string of the molecule is CS(=O)(=O)NCCCN1C(=O)NC(=O)C2(CCC2)C1=O. The van der Waals surface area contributed by atoms with Crippen LogP contribution in [-0.4, -0.2) is 50.5 Å². The Bertz CT molecular complexity index is 552. The number of rotatable bonds is 5. The third-order valence-electron chi connectivity index (χ3n) is 3.68. The molecule has 2 rings (SSSR count). The van der Waals surface area contributed by atoms with E-state index in [1.165, 1.54) is 0 Å². The first-order chi connectivity index (χ1) is 9.26. The van der Waals surface area contributed by atoms with Gasteiger partial charge in [0.05, 0.1) is 6.26 Å². The molecule has 0 aromatic rings. The second-order valence-electron chi connectivity index (χ2n) is 5.17. The van der Waals surface area contributed by atoms with E-state index in [1.54, 1.807) is 0 Å². The monoisotopic (exact) mass is 303 g/mol. The molecule has 1 aliphatic carbocycles. The fraction of sp³-hybridized carbons (Fsp3) is 0.727. The third-order valence-corrected chi connectivity index (χ3v) is 4.41. The lowest BCUT2D eigenvalue weighted by atomic mass is 9.66. The molecule has 2 aliphatic rings. The maximum absolute atomic E-state index is 12.2. The summed E-state index contributed by atoms with van der Waals surface area (Å²) in [7, 11) is -3.29. The largest absolute Gasteiger partial charge is 0.330 e. The summed E-state index contributed by atoms with van der Waals surface area (Å²) in [5, 5.41) is 2.20. The van der Waals surface area contributed by atoms with E-state index < -0.39 is 33.3 Å². The van der Waals surface area contributed by atoms with Crippen molar-refractivity contribution in [3.8, 4) is 0 Å². The standard InChI is InChI=1S/C11H17N3O5S/c1-20(18,19)12-6-3-7-14-9(16)11(4-2-5-11)8(15)13-10(14)17/h12H,2-7H2,1H3,(H,13,15,17). The average molecular weight is 303 g/mol. The van der Waals surface area contributed by atoms with Crippen LogP contribution in [0.5, 0.6) is 0 Å². The summed E-state index contributed by atoms with van der Waals surface area (Å²) in [4.78, 5) is 36.7. The maximum atomic E-state index is 12.2. The number of carbonyl (C=O) groups is 3. The molecule has 20 heavy (non-hydrogen) atoms. The fourth-order valence-electron chi connectivity index (χ4n) is 2.40. The lowest BCUT2D eigenvalue weighted by Crippen LogP contribution is -2.66. The van der Waals surface area contributed by atoms with Gasteiger partial charge in [-0.2, -0.15) is 0 Å². The van der Waals surface area contributed by atoms with Gasteiger partial charge in [-0.1, -0.05) is 6.42 Å². The number of nitrogens with zero attached hydrogens (tertiary/aromatic N) is 1. The molecule has 1 saturated heterocycles. The van der Waals surface area contributed by atoms with E-state index in [9.17, 15) is 22.8 Å². The van der Waals surface area contributed by atoms with Gasteiger partial charge in [0, 0.05) is 13.1 Å². The molecule has 0 aromatic heterocycles. The Morgan fingerprint density at radius 3 is 2.45 bits per heavy atom. The number of urea groups is 1. The van der Waals surface area contributed by atoms with Gasteiger partial charge in [-0.3, -0.25) is 19.8 Å². The Morgan fingerprint density at radius 1 is 1.30 bits per heavy atom. The number of nitrogens with one attached hydrogen (secondary N) is 2. The van der Waals surface area contributed by atoms with Crippen molar-refractivity contribution in [2.75, 3.05) is 19.3 Å². The Balaban J connectivity index is 1.95. The van der Waals surface area contributed by atoms with Crippen molar-refractivity contribution >= 4 is 27.9 Å². The van der Waals surface area contributed by atoms with Gasteiger partial charge in [0.2, 0.25) is 21.8 Å². The zero-order valence-corrected chi connectivity index (χ0v) is 12.0. The summed E-state index contributed by atoms with van der Waals surface area (Å²) >= 11 is 0. The molecule has 112 valence electrons. The van der Waals surface area contributed by atoms with Gasteiger partial charge in [0.25, 0.3) is 0 Å². The quantitative estimate of drug-likeness (QED) is 0.509. The Labute approximate surface area is 116 Å². The highest BCUT2D eigenvalue weighted by Gasteiger charge is 2.57. The number of carbonyl (C=O) groups excluding carboxylic acids is 3. The first-order valence-electron chi connectivity index (χ1n) is 6.38. The maximum Gasteiger partial charge on any atom is 0.330 e. The minimum Gasteiger partial charge on any atom is -0.277 e. The molecule has 0 unspecified atom stereocenters. The predicted octanol–water partition coefficient (Wildman–Crippen LogP) is -0.826. The molecule has 1 spiro atoms. The van der Waals surface area contributed by atoms with Crippen molar-refractivity contribution < 1.29 is 22.8 Å². The van der Waals surface area contributed by atoms with E-state index in [1.807, 2.05) is 0 Å². The highest BCUT2D eigenvalue weighted by atomic mass is 32.2. The van der Waals surface area contributed by atoms with Crippen LogP contribution >= 0.6 is 0 Å². The van der Waals surface area contributed by atoms with E-state index in [-0.39, 0.29) is 13.1 Å². The molecular formula is C11H17N3O5S. The van der Waals surface area contributed by atoms with Crippen LogP contribution in [0.15, 0.2) is 0 Å². The van der Waals surface area contributed by atoms with Gasteiger partial charge in [-0.05, 0) is 19.3 Å². The van der Waals surface area contributed by atoms with Gasteiger partial charge < -0.3 is 0 Å². The molecule has 8 nitrogen and oxygen atoms in total. The van der Waals surface area contributed by atoms with Crippen molar-refractivity contribution in [3.63, 3.8) is 0 Å². The number of barbiturate groups is 1. The van der Waals surface area contributed by atoms with Gasteiger partial charge in [0.1, 0.15) is 5.41 Å². The molecule has 4 amide bonds. The Morgan fingerprint density at radius 2 is 1.95 bits per heavy atom. The first kappa shape index (κ1) is 14.9. The van der Waals surface area contributed by atoms with Crippen molar-refractivity contribution in [3.05, 3.63) is 0 Å². The summed E-state index contributed by atoms with van der Waals surface area (Å²) in [6, 6.07) is -0.725. The molecule has 0 aromatic carbocycles. The molecular weight excluding hydrogens is 286 g/mol. The van der Waals surface area contributed by atoms with Crippen LogP contribution in [0, 0.1) is 5.41 Å².